The summed E-state index contributed by atoms with van der Waals surface area (Å²) >= 11 is 6.03. The maximum atomic E-state index is 12.9. The van der Waals surface area contributed by atoms with Crippen LogP contribution >= 0.6 is 11.6 Å². The molecule has 0 bridgehead atoms. The van der Waals surface area contributed by atoms with E-state index in [9.17, 15) is 22.8 Å². The number of alkyl halides is 3. The first-order valence-corrected chi connectivity index (χ1v) is 7.89. The molecule has 2 heterocycles. The van der Waals surface area contributed by atoms with E-state index in [1.165, 1.54) is 6.07 Å². The van der Waals surface area contributed by atoms with Gasteiger partial charge in [-0.2, -0.15) is 13.2 Å². The van der Waals surface area contributed by atoms with Crippen molar-refractivity contribution in [3.05, 3.63) is 40.6 Å². The van der Waals surface area contributed by atoms with Gasteiger partial charge < -0.3 is 4.90 Å². The number of carbonyl (C=O) groups is 2. The maximum Gasteiger partial charge on any atom is 0.416 e. The van der Waals surface area contributed by atoms with Gasteiger partial charge in [-0.05, 0) is 37.5 Å². The lowest BCUT2D eigenvalue weighted by Crippen LogP contribution is -2.37. The van der Waals surface area contributed by atoms with Gasteiger partial charge >= 0.3 is 6.18 Å². The van der Waals surface area contributed by atoms with E-state index in [4.69, 9.17) is 11.6 Å². The Bertz CT molecular complexity index is 724. The maximum absolute atomic E-state index is 12.9. The molecule has 2 amide bonds. The van der Waals surface area contributed by atoms with Gasteiger partial charge in [0.05, 0.1) is 11.3 Å². The summed E-state index contributed by atoms with van der Waals surface area (Å²) in [5, 5.41) is -0.237. The molecule has 1 fully saturated rings. The second kappa shape index (κ2) is 6.12. The fourth-order valence-corrected chi connectivity index (χ4v) is 3.22. The molecule has 2 aliphatic heterocycles. The van der Waals surface area contributed by atoms with Crippen LogP contribution in [-0.4, -0.2) is 29.8 Å². The smallest absolute Gasteiger partial charge is 0.366 e. The average Bonchev–Trinajstić information content (AvgIpc) is 2.77. The lowest BCUT2D eigenvalue weighted by molar-refractivity contribution is -0.137. The van der Waals surface area contributed by atoms with Crippen molar-refractivity contribution in [3.63, 3.8) is 0 Å². The monoisotopic (exact) mass is 358 g/mol. The SMILES string of the molecule is O=C1C(Cl)=C(N2CCCCC2)C(=O)N1c1cccc(C(F)(F)F)c1. The molecule has 4 nitrogen and oxygen atoms in total. The number of hydrogen-bond acceptors (Lipinski definition) is 3. The summed E-state index contributed by atoms with van der Waals surface area (Å²) in [6.07, 6.45) is -1.78. The first-order chi connectivity index (χ1) is 11.3. The molecule has 128 valence electrons. The molecule has 0 radical (unpaired) electrons. The third kappa shape index (κ3) is 2.88. The molecule has 8 heteroatoms. The number of carbonyl (C=O) groups excluding carboxylic acids is 2. The molecule has 0 saturated carbocycles. The molecule has 1 aromatic carbocycles. The molecule has 3 rings (SSSR count). The lowest BCUT2D eigenvalue weighted by Gasteiger charge is -2.29. The van der Waals surface area contributed by atoms with Crippen LogP contribution in [0.3, 0.4) is 0 Å². The molecule has 0 N–H and O–H groups in total. The molecule has 1 aromatic rings. The van der Waals surface area contributed by atoms with Gasteiger partial charge in [0, 0.05) is 13.1 Å². The second-order valence-electron chi connectivity index (χ2n) is 5.70. The van der Waals surface area contributed by atoms with Crippen LogP contribution in [0.4, 0.5) is 18.9 Å². The molecule has 0 aliphatic carbocycles. The van der Waals surface area contributed by atoms with Gasteiger partial charge in [-0.1, -0.05) is 17.7 Å². The first-order valence-electron chi connectivity index (χ1n) is 7.51. The molecular weight excluding hydrogens is 345 g/mol. The van der Waals surface area contributed by atoms with Crippen molar-refractivity contribution < 1.29 is 22.8 Å². The molecule has 0 spiro atoms. The third-order valence-corrected chi connectivity index (χ3v) is 4.45. The molecule has 2 aliphatic rings. The van der Waals surface area contributed by atoms with E-state index in [0.717, 1.165) is 37.5 Å². The topological polar surface area (TPSA) is 40.6 Å². The quantitative estimate of drug-likeness (QED) is 0.760. The molecule has 0 unspecified atom stereocenters. The van der Waals surface area contributed by atoms with Crippen molar-refractivity contribution >= 4 is 29.1 Å². The number of benzene rings is 1. The van der Waals surface area contributed by atoms with Gasteiger partial charge in [-0.25, -0.2) is 4.90 Å². The Kier molecular flexibility index (Phi) is 4.29. The van der Waals surface area contributed by atoms with Crippen LogP contribution in [0.5, 0.6) is 0 Å². The van der Waals surface area contributed by atoms with Crippen LogP contribution in [-0.2, 0) is 15.8 Å². The number of rotatable bonds is 2. The highest BCUT2D eigenvalue weighted by atomic mass is 35.5. The number of hydrogen-bond donors (Lipinski definition) is 0. The van der Waals surface area contributed by atoms with Gasteiger partial charge in [0.2, 0.25) is 0 Å². The van der Waals surface area contributed by atoms with Gasteiger partial charge in [0.1, 0.15) is 10.7 Å². The zero-order chi connectivity index (χ0) is 17.5. The van der Waals surface area contributed by atoms with Gasteiger partial charge in [-0.15, -0.1) is 0 Å². The van der Waals surface area contributed by atoms with E-state index in [2.05, 4.69) is 0 Å². The Morgan fingerprint density at radius 1 is 1.00 bits per heavy atom. The minimum Gasteiger partial charge on any atom is -0.366 e. The fourth-order valence-electron chi connectivity index (χ4n) is 2.94. The average molecular weight is 359 g/mol. The summed E-state index contributed by atoms with van der Waals surface area (Å²) in [5.41, 5.74) is -0.980. The normalized spacial score (nSPS) is 19.5. The van der Waals surface area contributed by atoms with Gasteiger partial charge in [0.15, 0.2) is 0 Å². The van der Waals surface area contributed by atoms with E-state index in [1.807, 2.05) is 0 Å². The summed E-state index contributed by atoms with van der Waals surface area (Å²) in [6, 6.07) is 4.11. The molecule has 0 atom stereocenters. The summed E-state index contributed by atoms with van der Waals surface area (Å²) in [7, 11) is 0. The van der Waals surface area contributed by atoms with Crippen LogP contribution in [0.25, 0.3) is 0 Å². The second-order valence-corrected chi connectivity index (χ2v) is 6.08. The van der Waals surface area contributed by atoms with Crippen LogP contribution in [0, 0.1) is 0 Å². The van der Waals surface area contributed by atoms with E-state index in [0.29, 0.717) is 18.0 Å². The third-order valence-electron chi connectivity index (χ3n) is 4.11. The summed E-state index contributed by atoms with van der Waals surface area (Å²) in [4.78, 5) is 27.4. The first kappa shape index (κ1) is 16.8. The Morgan fingerprint density at radius 3 is 2.29 bits per heavy atom. The molecule has 1 saturated heterocycles. The van der Waals surface area contributed by atoms with Gasteiger partial charge in [-0.3, -0.25) is 9.59 Å². The van der Waals surface area contributed by atoms with Crippen molar-refractivity contribution in [2.75, 3.05) is 18.0 Å². The van der Waals surface area contributed by atoms with Crippen LogP contribution in [0.15, 0.2) is 35.0 Å². The van der Waals surface area contributed by atoms with Crippen molar-refractivity contribution in [1.29, 1.82) is 0 Å². The highest BCUT2D eigenvalue weighted by molar-refractivity contribution is 6.52. The Balaban J connectivity index is 1.94. The van der Waals surface area contributed by atoms with E-state index in [1.54, 1.807) is 4.90 Å². The van der Waals surface area contributed by atoms with E-state index < -0.39 is 23.6 Å². The minimum atomic E-state index is -4.56. The number of anilines is 1. The predicted octanol–water partition coefficient (Wildman–Crippen LogP) is 3.51. The predicted molar refractivity (Wildman–Crippen MR) is 82.2 cm³/mol. The van der Waals surface area contributed by atoms with Crippen molar-refractivity contribution in [3.8, 4) is 0 Å². The molecule has 24 heavy (non-hydrogen) atoms. The van der Waals surface area contributed by atoms with Crippen molar-refractivity contribution in [2.45, 2.75) is 25.4 Å². The lowest BCUT2D eigenvalue weighted by atomic mass is 10.1. The van der Waals surface area contributed by atoms with Crippen LogP contribution < -0.4 is 4.90 Å². The standard InChI is InChI=1S/C16H14ClF3N2O2/c17-12-13(21-7-2-1-3-8-21)15(24)22(14(12)23)11-6-4-5-10(9-11)16(18,19)20/h4-6,9H,1-3,7-8H2. The Morgan fingerprint density at radius 2 is 1.67 bits per heavy atom. The summed E-state index contributed by atoms with van der Waals surface area (Å²) in [5.74, 6) is -1.47. The van der Waals surface area contributed by atoms with Gasteiger partial charge in [0.25, 0.3) is 11.8 Å². The number of piperidine rings is 1. The van der Waals surface area contributed by atoms with Crippen LogP contribution in [0.2, 0.25) is 0 Å². The zero-order valence-corrected chi connectivity index (χ0v) is 13.3. The van der Waals surface area contributed by atoms with Crippen molar-refractivity contribution in [1.82, 2.24) is 4.90 Å². The Hall–Kier alpha value is -2.02. The van der Waals surface area contributed by atoms with E-state index >= 15 is 0 Å². The molecular formula is C16H14ClF3N2O2. The Labute approximate surface area is 141 Å². The number of likely N-dealkylation sites (tertiary alicyclic amines) is 1. The van der Waals surface area contributed by atoms with Crippen molar-refractivity contribution in [2.24, 2.45) is 0 Å². The molecule has 0 aromatic heterocycles. The fraction of sp³-hybridized carbons (Fsp3) is 0.375. The summed E-state index contributed by atoms with van der Waals surface area (Å²) in [6.45, 7) is 1.20. The highest BCUT2D eigenvalue weighted by Gasteiger charge is 2.42. The largest absolute Gasteiger partial charge is 0.416 e. The minimum absolute atomic E-state index is 0.0822. The van der Waals surface area contributed by atoms with E-state index in [-0.39, 0.29) is 16.4 Å². The number of nitrogens with zero attached hydrogens (tertiary/aromatic N) is 2. The van der Waals surface area contributed by atoms with Crippen LogP contribution in [0.1, 0.15) is 24.8 Å². The number of halogens is 4. The number of amides is 2. The highest BCUT2D eigenvalue weighted by Crippen LogP contribution is 2.36. The summed E-state index contributed by atoms with van der Waals surface area (Å²) < 4.78 is 38.6. The zero-order valence-electron chi connectivity index (χ0n) is 12.6. The number of imide groups is 1.